The number of hydrogen-bond acceptors (Lipinski definition) is 3. The molecule has 0 amide bonds. The average Bonchev–Trinajstić information content (AvgIpc) is 2.04. The van der Waals surface area contributed by atoms with Gasteiger partial charge in [-0.3, -0.25) is 8.99 Å². The van der Waals surface area contributed by atoms with Crippen LogP contribution in [0.15, 0.2) is 0 Å². The van der Waals surface area contributed by atoms with Gasteiger partial charge >= 0.3 is 0 Å². The second kappa shape index (κ2) is 4.96. The fourth-order valence-electron chi connectivity index (χ4n) is 1.82. The molecule has 0 aliphatic carbocycles. The third-order valence-corrected chi connectivity index (χ3v) is 3.67. The third kappa shape index (κ3) is 5.26. The van der Waals surface area contributed by atoms with E-state index in [1.165, 1.54) is 19.1 Å². The van der Waals surface area contributed by atoms with Crippen molar-refractivity contribution in [2.75, 3.05) is 25.1 Å². The van der Waals surface area contributed by atoms with Crippen LogP contribution in [0.25, 0.3) is 0 Å². The molecule has 1 aliphatic heterocycles. The van der Waals surface area contributed by atoms with E-state index in [2.05, 4.69) is 5.32 Å². The van der Waals surface area contributed by atoms with Crippen molar-refractivity contribution in [3.63, 3.8) is 0 Å². The van der Waals surface area contributed by atoms with E-state index in [-0.39, 0.29) is 0 Å². The lowest BCUT2D eigenvalue weighted by atomic mass is 9.94. The molecule has 1 rings (SSSR count). The van der Waals surface area contributed by atoms with Crippen molar-refractivity contribution >= 4 is 9.73 Å². The summed E-state index contributed by atoms with van der Waals surface area (Å²) in [6, 6.07) is 0. The normalized spacial score (nSPS) is 24.1. The van der Waals surface area contributed by atoms with Crippen LogP contribution in [0.1, 0.15) is 25.7 Å². The van der Waals surface area contributed by atoms with Gasteiger partial charge < -0.3 is 5.32 Å². The first kappa shape index (κ1) is 11.0. The first-order chi connectivity index (χ1) is 6.08. The fraction of sp³-hybridized carbons (Fsp3) is 1.00. The highest BCUT2D eigenvalue weighted by Gasteiger charge is 2.12. The predicted molar refractivity (Wildman–Crippen MR) is 56.5 cm³/mol. The van der Waals surface area contributed by atoms with Crippen LogP contribution in [0.5, 0.6) is 0 Å². The van der Waals surface area contributed by atoms with E-state index in [4.69, 9.17) is 4.78 Å². The Hall–Kier alpha value is -0.0900. The summed E-state index contributed by atoms with van der Waals surface area (Å²) < 4.78 is 18.3. The Morgan fingerprint density at radius 2 is 2.08 bits per heavy atom. The first-order valence-electron chi connectivity index (χ1n) is 5.00. The van der Waals surface area contributed by atoms with Crippen molar-refractivity contribution in [1.82, 2.24) is 5.32 Å². The van der Waals surface area contributed by atoms with Crippen LogP contribution in [0.4, 0.5) is 0 Å². The Labute approximate surface area is 81.3 Å². The van der Waals surface area contributed by atoms with Gasteiger partial charge in [-0.2, -0.15) is 0 Å². The predicted octanol–water partition coefficient (Wildman–Crippen LogP) is 1.44. The molecule has 1 aliphatic rings. The van der Waals surface area contributed by atoms with Crippen molar-refractivity contribution in [3.8, 4) is 0 Å². The molecule has 1 atom stereocenters. The summed E-state index contributed by atoms with van der Waals surface area (Å²) in [7, 11) is -2.24. The molecule has 2 N–H and O–H groups in total. The smallest absolute Gasteiger partial charge is 0.0412 e. The number of piperidine rings is 1. The Kier molecular flexibility index (Phi) is 4.19. The molecule has 78 valence electrons. The maximum atomic E-state index is 11.1. The molecule has 0 spiro atoms. The second-order valence-electron chi connectivity index (χ2n) is 4.04. The average molecular weight is 204 g/mol. The van der Waals surface area contributed by atoms with Crippen LogP contribution in [0.2, 0.25) is 0 Å². The minimum atomic E-state index is -2.24. The summed E-state index contributed by atoms with van der Waals surface area (Å²) in [6.45, 7) is 2.26. The summed E-state index contributed by atoms with van der Waals surface area (Å²) in [5.74, 6) is 1.39. The molecular formula is C9H20N2OS. The lowest BCUT2D eigenvalue weighted by Crippen LogP contribution is -2.27. The fourth-order valence-corrected chi connectivity index (χ4v) is 2.54. The SMILES string of the molecule is CS(=N)(=O)CCCC1CCNCC1. The van der Waals surface area contributed by atoms with Gasteiger partial charge in [-0.1, -0.05) is 0 Å². The van der Waals surface area contributed by atoms with Crippen LogP contribution < -0.4 is 5.32 Å². The molecule has 3 nitrogen and oxygen atoms in total. The third-order valence-electron chi connectivity index (χ3n) is 2.60. The summed E-state index contributed by atoms with van der Waals surface area (Å²) in [5, 5.41) is 3.33. The van der Waals surface area contributed by atoms with Crippen LogP contribution in [0.3, 0.4) is 0 Å². The molecule has 1 unspecified atom stereocenters. The summed E-state index contributed by atoms with van der Waals surface area (Å²) >= 11 is 0. The van der Waals surface area contributed by atoms with E-state index >= 15 is 0 Å². The van der Waals surface area contributed by atoms with Gasteiger partial charge in [0.15, 0.2) is 0 Å². The van der Waals surface area contributed by atoms with Crippen LogP contribution in [0, 0.1) is 10.7 Å². The van der Waals surface area contributed by atoms with Crippen LogP contribution >= 0.6 is 0 Å². The molecule has 1 heterocycles. The molecule has 0 saturated carbocycles. The number of hydrogen-bond donors (Lipinski definition) is 2. The van der Waals surface area contributed by atoms with E-state index in [1.54, 1.807) is 0 Å². The monoisotopic (exact) mass is 204 g/mol. The van der Waals surface area contributed by atoms with Gasteiger partial charge in [0.1, 0.15) is 0 Å². The van der Waals surface area contributed by atoms with Crippen LogP contribution in [-0.2, 0) is 9.73 Å². The highest BCUT2D eigenvalue weighted by Crippen LogP contribution is 2.17. The minimum absolute atomic E-state index is 0.580. The zero-order valence-electron chi connectivity index (χ0n) is 8.34. The van der Waals surface area contributed by atoms with Crippen molar-refractivity contribution in [2.24, 2.45) is 5.92 Å². The van der Waals surface area contributed by atoms with E-state index < -0.39 is 9.73 Å². The standard InChI is InChI=1S/C9H20N2OS/c1-13(10,12)8-2-3-9-4-6-11-7-5-9/h9-11H,2-8H2,1H3. The highest BCUT2D eigenvalue weighted by atomic mass is 32.2. The van der Waals surface area contributed by atoms with E-state index in [9.17, 15) is 4.21 Å². The van der Waals surface area contributed by atoms with Gasteiger partial charge in [0.2, 0.25) is 0 Å². The zero-order valence-corrected chi connectivity index (χ0v) is 9.16. The van der Waals surface area contributed by atoms with Gasteiger partial charge in [0.05, 0.1) is 0 Å². The molecule has 0 radical (unpaired) electrons. The topological polar surface area (TPSA) is 53.0 Å². The van der Waals surface area contributed by atoms with Gasteiger partial charge in [0.25, 0.3) is 0 Å². The summed E-state index contributed by atoms with van der Waals surface area (Å²) in [6.07, 6.45) is 6.16. The largest absolute Gasteiger partial charge is 0.317 e. The molecular weight excluding hydrogens is 184 g/mol. The van der Waals surface area contributed by atoms with E-state index in [1.807, 2.05) is 0 Å². The quantitative estimate of drug-likeness (QED) is 0.728. The molecule has 0 bridgehead atoms. The van der Waals surface area contributed by atoms with E-state index in [0.29, 0.717) is 5.75 Å². The molecule has 0 aromatic heterocycles. The van der Waals surface area contributed by atoms with Crippen molar-refractivity contribution in [2.45, 2.75) is 25.7 Å². The lowest BCUT2D eigenvalue weighted by Gasteiger charge is -2.22. The van der Waals surface area contributed by atoms with Crippen molar-refractivity contribution in [3.05, 3.63) is 0 Å². The maximum Gasteiger partial charge on any atom is 0.0412 e. The Balaban J connectivity index is 2.11. The Bertz CT molecular complexity index is 230. The molecule has 0 aromatic rings. The number of rotatable bonds is 4. The van der Waals surface area contributed by atoms with Gasteiger partial charge in [-0.15, -0.1) is 0 Å². The summed E-state index contributed by atoms with van der Waals surface area (Å²) in [5.41, 5.74) is 0. The van der Waals surface area contributed by atoms with Crippen LogP contribution in [-0.4, -0.2) is 29.3 Å². The first-order valence-corrected chi connectivity index (χ1v) is 7.13. The molecule has 0 aromatic carbocycles. The maximum absolute atomic E-state index is 11.1. The van der Waals surface area contributed by atoms with Crippen molar-refractivity contribution < 1.29 is 4.21 Å². The highest BCUT2D eigenvalue weighted by molar-refractivity contribution is 7.91. The van der Waals surface area contributed by atoms with Crippen molar-refractivity contribution in [1.29, 1.82) is 4.78 Å². The van der Waals surface area contributed by atoms with Gasteiger partial charge in [-0.25, -0.2) is 0 Å². The number of nitrogens with one attached hydrogen (secondary N) is 2. The van der Waals surface area contributed by atoms with E-state index in [0.717, 1.165) is 31.8 Å². The minimum Gasteiger partial charge on any atom is -0.317 e. The molecule has 1 fully saturated rings. The lowest BCUT2D eigenvalue weighted by molar-refractivity contribution is 0.352. The second-order valence-corrected chi connectivity index (χ2v) is 6.46. The Morgan fingerprint density at radius 3 is 2.62 bits per heavy atom. The molecule has 4 heteroatoms. The molecule has 13 heavy (non-hydrogen) atoms. The summed E-state index contributed by atoms with van der Waals surface area (Å²) in [4.78, 5) is 0. The van der Waals surface area contributed by atoms with Gasteiger partial charge in [-0.05, 0) is 44.7 Å². The zero-order chi connectivity index (χ0) is 9.73. The van der Waals surface area contributed by atoms with Gasteiger partial charge in [0, 0.05) is 21.7 Å². The molecule has 1 saturated heterocycles. The Morgan fingerprint density at radius 1 is 1.46 bits per heavy atom.